The Morgan fingerprint density at radius 1 is 1.17 bits per heavy atom. The van der Waals surface area contributed by atoms with Crippen molar-refractivity contribution in [2.45, 2.75) is 31.7 Å². The molecule has 4 rings (SSSR count). The van der Waals surface area contributed by atoms with Crippen LogP contribution in [0, 0.1) is 5.92 Å². The number of fused-ring (bicyclic) bond motifs is 1. The van der Waals surface area contributed by atoms with E-state index >= 15 is 0 Å². The van der Waals surface area contributed by atoms with E-state index in [1.54, 1.807) is 6.21 Å². The Balaban J connectivity index is 1.51. The molecule has 3 aromatic rings. The number of phenolic OH excluding ortho intramolecular Hbond substituents is 1. The monoisotopic (exact) mass is 506 g/mol. The predicted molar refractivity (Wildman–Crippen MR) is 144 cm³/mol. The number of halogens is 1. The number of Topliss-reactive ketones (excluding diaryl/α,β-unsaturated/α-hetero) is 1. The molecule has 1 unspecified atom stereocenters. The van der Waals surface area contributed by atoms with E-state index in [-0.39, 0.29) is 34.5 Å². The molecule has 0 spiro atoms. The van der Waals surface area contributed by atoms with E-state index in [4.69, 9.17) is 17.3 Å². The molecular formula is C28H31ClN4O3. The first-order valence-corrected chi connectivity index (χ1v) is 12.4. The molecular weight excluding hydrogens is 476 g/mol. The maximum absolute atomic E-state index is 13.3. The lowest BCUT2D eigenvalue weighted by Crippen LogP contribution is -2.54. The lowest BCUT2D eigenvalue weighted by atomic mass is 9.75. The van der Waals surface area contributed by atoms with Crippen molar-refractivity contribution in [2.75, 3.05) is 20.1 Å². The van der Waals surface area contributed by atoms with Gasteiger partial charge in [-0.25, -0.2) is 5.43 Å². The van der Waals surface area contributed by atoms with Crippen LogP contribution < -0.4 is 11.2 Å². The second kappa shape index (κ2) is 10.8. The zero-order chi connectivity index (χ0) is 25.9. The number of likely N-dealkylation sites (tertiary alicyclic amines) is 1. The first-order chi connectivity index (χ1) is 17.2. The number of carbonyl (C=O) groups is 2. The molecule has 0 radical (unpaired) electrons. The van der Waals surface area contributed by atoms with Gasteiger partial charge in [-0.2, -0.15) is 5.10 Å². The summed E-state index contributed by atoms with van der Waals surface area (Å²) in [5, 5.41) is 15.6. The lowest BCUT2D eigenvalue weighted by molar-refractivity contribution is -0.125. The third-order valence-corrected chi connectivity index (χ3v) is 7.45. The van der Waals surface area contributed by atoms with Crippen LogP contribution in [0.2, 0.25) is 5.02 Å². The van der Waals surface area contributed by atoms with E-state index in [9.17, 15) is 14.7 Å². The van der Waals surface area contributed by atoms with Gasteiger partial charge in [0.2, 0.25) is 0 Å². The molecule has 188 valence electrons. The third-order valence-electron chi connectivity index (χ3n) is 7.15. The molecule has 4 N–H and O–H groups in total. The van der Waals surface area contributed by atoms with Gasteiger partial charge in [0.15, 0.2) is 5.78 Å². The van der Waals surface area contributed by atoms with Crippen LogP contribution in [-0.4, -0.2) is 53.6 Å². The highest BCUT2D eigenvalue weighted by molar-refractivity contribution is 6.32. The van der Waals surface area contributed by atoms with Gasteiger partial charge in [-0.05, 0) is 80.4 Å². The van der Waals surface area contributed by atoms with Crippen molar-refractivity contribution < 1.29 is 14.7 Å². The molecule has 1 aliphatic rings. The molecule has 1 atom stereocenters. The van der Waals surface area contributed by atoms with Crippen molar-refractivity contribution >= 4 is 40.3 Å². The van der Waals surface area contributed by atoms with Crippen molar-refractivity contribution in [1.82, 2.24) is 10.3 Å². The van der Waals surface area contributed by atoms with Crippen molar-refractivity contribution in [2.24, 2.45) is 16.8 Å². The molecule has 36 heavy (non-hydrogen) atoms. The van der Waals surface area contributed by atoms with Crippen LogP contribution in [-0.2, 0) is 11.2 Å². The molecule has 1 heterocycles. The van der Waals surface area contributed by atoms with E-state index in [0.717, 1.165) is 47.8 Å². The summed E-state index contributed by atoms with van der Waals surface area (Å²) >= 11 is 5.88. The zero-order valence-electron chi connectivity index (χ0n) is 20.5. The van der Waals surface area contributed by atoms with Crippen LogP contribution in [0.25, 0.3) is 10.8 Å². The molecule has 3 aromatic carbocycles. The highest BCUT2D eigenvalue weighted by Crippen LogP contribution is 2.30. The highest BCUT2D eigenvalue weighted by atomic mass is 35.5. The molecule has 0 aliphatic carbocycles. The van der Waals surface area contributed by atoms with Crippen LogP contribution in [0.5, 0.6) is 5.75 Å². The van der Waals surface area contributed by atoms with E-state index in [1.165, 1.54) is 18.2 Å². The minimum Gasteiger partial charge on any atom is -0.506 e. The maximum atomic E-state index is 13.3. The Morgan fingerprint density at radius 2 is 1.86 bits per heavy atom. The first kappa shape index (κ1) is 25.8. The smallest absolute Gasteiger partial charge is 0.271 e. The number of piperidine rings is 1. The van der Waals surface area contributed by atoms with Gasteiger partial charge >= 0.3 is 0 Å². The largest absolute Gasteiger partial charge is 0.506 e. The number of rotatable bonds is 7. The highest BCUT2D eigenvalue weighted by Gasteiger charge is 2.38. The molecule has 0 saturated carbocycles. The fourth-order valence-corrected chi connectivity index (χ4v) is 4.90. The summed E-state index contributed by atoms with van der Waals surface area (Å²) < 4.78 is 0. The second-order valence-electron chi connectivity index (χ2n) is 9.69. The summed E-state index contributed by atoms with van der Waals surface area (Å²) in [6, 6.07) is 15.8. The van der Waals surface area contributed by atoms with Crippen LogP contribution in [0.1, 0.15) is 41.3 Å². The Kier molecular flexibility index (Phi) is 7.73. The number of nitrogens with zero attached hydrogens (tertiary/aromatic N) is 2. The van der Waals surface area contributed by atoms with Crippen molar-refractivity contribution in [3.05, 3.63) is 76.3 Å². The van der Waals surface area contributed by atoms with Crippen molar-refractivity contribution in [1.29, 1.82) is 0 Å². The van der Waals surface area contributed by atoms with Crippen LogP contribution in [0.15, 0.2) is 59.7 Å². The number of hydrogen-bond donors (Lipinski definition) is 3. The molecule has 1 aliphatic heterocycles. The van der Waals surface area contributed by atoms with Crippen molar-refractivity contribution in [3.8, 4) is 5.75 Å². The number of nitrogens with one attached hydrogen (secondary N) is 1. The summed E-state index contributed by atoms with van der Waals surface area (Å²) in [4.78, 5) is 28.0. The minimum atomic E-state index is -0.871. The number of hydrazone groups is 1. The van der Waals surface area contributed by atoms with Gasteiger partial charge in [0.25, 0.3) is 5.91 Å². The second-order valence-corrected chi connectivity index (χ2v) is 10.1. The van der Waals surface area contributed by atoms with Gasteiger partial charge in [-0.1, -0.05) is 48.0 Å². The van der Waals surface area contributed by atoms with Gasteiger partial charge < -0.3 is 15.7 Å². The average Bonchev–Trinajstić information content (AvgIpc) is 2.87. The SMILES string of the molecule is CN1CCC(C(C)(N)C(=O)Cc2ccc(/C=N/NC(=O)c3ccc(O)c(Cl)c3)c3ccccc23)CC1. The van der Waals surface area contributed by atoms with Gasteiger partial charge in [0.1, 0.15) is 5.75 Å². The summed E-state index contributed by atoms with van der Waals surface area (Å²) in [5.41, 5.74) is 10.2. The van der Waals surface area contributed by atoms with E-state index < -0.39 is 11.4 Å². The minimum absolute atomic E-state index is 0.0449. The van der Waals surface area contributed by atoms with E-state index in [2.05, 4.69) is 22.5 Å². The summed E-state index contributed by atoms with van der Waals surface area (Å²) in [5.74, 6) is -0.326. The third kappa shape index (κ3) is 5.59. The molecule has 8 heteroatoms. The molecule has 1 fully saturated rings. The topological polar surface area (TPSA) is 108 Å². The summed E-state index contributed by atoms with van der Waals surface area (Å²) in [6.45, 7) is 3.79. The Hall–Kier alpha value is -3.26. The average molecular weight is 507 g/mol. The Morgan fingerprint density at radius 3 is 2.56 bits per heavy atom. The fraction of sp³-hybridized carbons (Fsp3) is 0.321. The number of nitrogens with two attached hydrogens (primary N) is 1. The summed E-state index contributed by atoms with van der Waals surface area (Å²) in [7, 11) is 2.09. The van der Waals surface area contributed by atoms with Crippen LogP contribution in [0.4, 0.5) is 0 Å². The molecule has 1 saturated heterocycles. The van der Waals surface area contributed by atoms with Gasteiger partial charge in [0.05, 0.1) is 16.8 Å². The normalized spacial score (nSPS) is 16.8. The quantitative estimate of drug-likeness (QED) is 0.330. The van der Waals surface area contributed by atoms with Gasteiger partial charge in [-0.3, -0.25) is 9.59 Å². The van der Waals surface area contributed by atoms with E-state index in [0.29, 0.717) is 0 Å². The number of ketones is 1. The standard InChI is InChI=1S/C28H31ClN4O3/c1-28(30,21-11-13-33(2)14-12-21)26(35)16-18-7-8-20(23-6-4-3-5-22(18)23)17-31-32-27(36)19-9-10-25(34)24(29)15-19/h3-10,15,17,21,34H,11-14,16,30H2,1-2H3,(H,32,36)/b31-17+. The number of amides is 1. The lowest BCUT2D eigenvalue weighted by Gasteiger charge is -2.38. The van der Waals surface area contributed by atoms with Crippen LogP contribution >= 0.6 is 11.6 Å². The molecule has 0 aromatic heterocycles. The van der Waals surface area contributed by atoms with Crippen LogP contribution in [0.3, 0.4) is 0 Å². The molecule has 0 bridgehead atoms. The number of carbonyl (C=O) groups excluding carboxylic acids is 2. The number of aromatic hydroxyl groups is 1. The van der Waals surface area contributed by atoms with Gasteiger partial charge in [-0.15, -0.1) is 0 Å². The summed E-state index contributed by atoms with van der Waals surface area (Å²) in [6.07, 6.45) is 3.68. The maximum Gasteiger partial charge on any atom is 0.271 e. The fourth-order valence-electron chi connectivity index (χ4n) is 4.72. The number of hydrogen-bond acceptors (Lipinski definition) is 6. The first-order valence-electron chi connectivity index (χ1n) is 12.0. The number of phenols is 1. The molecule has 7 nitrogen and oxygen atoms in total. The predicted octanol–water partition coefficient (Wildman–Crippen LogP) is 4.13. The Bertz CT molecular complexity index is 1310. The number of benzene rings is 3. The van der Waals surface area contributed by atoms with Crippen molar-refractivity contribution in [3.63, 3.8) is 0 Å². The molecule has 1 amide bonds. The Labute approximate surface area is 215 Å². The van der Waals surface area contributed by atoms with Gasteiger partial charge in [0, 0.05) is 17.5 Å². The zero-order valence-corrected chi connectivity index (χ0v) is 21.3. The van der Waals surface area contributed by atoms with E-state index in [1.807, 2.05) is 43.3 Å².